The molecule has 0 radical (unpaired) electrons. The maximum Gasteiger partial charge on any atom is 0.193 e. The van der Waals surface area contributed by atoms with Crippen LogP contribution in [-0.2, 0) is 6.42 Å². The number of hydrogen-bond donors (Lipinski definition) is 1. The van der Waals surface area contributed by atoms with E-state index in [9.17, 15) is 0 Å². The molecule has 1 aromatic carbocycles. The molecule has 1 fully saturated rings. The number of para-hydroxylation sites is 1. The minimum Gasteiger partial charge on any atom is -0.490 e. The number of benzene rings is 1. The van der Waals surface area contributed by atoms with Gasteiger partial charge in [0.2, 0.25) is 0 Å². The molecule has 0 amide bonds. The quantitative estimate of drug-likeness (QED) is 0.664. The number of pyridine rings is 1. The fourth-order valence-electron chi connectivity index (χ4n) is 3.30. The van der Waals surface area contributed by atoms with Gasteiger partial charge in [0.1, 0.15) is 11.9 Å². The predicted octanol–water partition coefficient (Wildman–Crippen LogP) is 3.05. The van der Waals surface area contributed by atoms with Crippen molar-refractivity contribution in [1.29, 1.82) is 0 Å². The summed E-state index contributed by atoms with van der Waals surface area (Å²) < 4.78 is 6.08. The van der Waals surface area contributed by atoms with E-state index >= 15 is 0 Å². The summed E-state index contributed by atoms with van der Waals surface area (Å²) in [4.78, 5) is 10.9. The lowest BCUT2D eigenvalue weighted by atomic mass is 10.1. The number of likely N-dealkylation sites (tertiary alicyclic amines) is 1. The minimum absolute atomic E-state index is 0.284. The van der Waals surface area contributed by atoms with E-state index in [1.165, 1.54) is 11.1 Å². The van der Waals surface area contributed by atoms with Gasteiger partial charge in [-0.05, 0) is 42.7 Å². The molecular weight excluding hydrogens is 324 g/mol. The van der Waals surface area contributed by atoms with E-state index in [0.29, 0.717) is 0 Å². The lowest BCUT2D eigenvalue weighted by Crippen LogP contribution is -2.47. The van der Waals surface area contributed by atoms with Crippen molar-refractivity contribution in [1.82, 2.24) is 15.2 Å². The van der Waals surface area contributed by atoms with Crippen LogP contribution in [0.15, 0.2) is 53.8 Å². The van der Waals surface area contributed by atoms with Crippen LogP contribution < -0.4 is 10.1 Å². The number of nitrogens with zero attached hydrogens (tertiary/aromatic N) is 3. The van der Waals surface area contributed by atoms with E-state index in [0.717, 1.165) is 50.6 Å². The third-order valence-corrected chi connectivity index (χ3v) is 4.81. The van der Waals surface area contributed by atoms with E-state index < -0.39 is 0 Å². The lowest BCUT2D eigenvalue weighted by molar-refractivity contribution is 0.129. The molecule has 0 unspecified atom stereocenters. The molecule has 0 bridgehead atoms. The molecule has 5 nitrogen and oxygen atoms in total. The smallest absolute Gasteiger partial charge is 0.193 e. The molecule has 3 rings (SSSR count). The van der Waals surface area contributed by atoms with Gasteiger partial charge in [0.15, 0.2) is 5.96 Å². The Kier molecular flexibility index (Phi) is 6.47. The number of aromatic nitrogens is 1. The Labute approximate surface area is 156 Å². The van der Waals surface area contributed by atoms with Crippen molar-refractivity contribution >= 4 is 5.96 Å². The number of ether oxygens (including phenoxy) is 1. The highest BCUT2D eigenvalue weighted by Gasteiger charge is 2.22. The van der Waals surface area contributed by atoms with E-state index in [1.54, 1.807) is 0 Å². The Morgan fingerprint density at radius 3 is 2.69 bits per heavy atom. The minimum atomic E-state index is 0.284. The van der Waals surface area contributed by atoms with Gasteiger partial charge in [-0.25, -0.2) is 0 Å². The summed E-state index contributed by atoms with van der Waals surface area (Å²) in [5.74, 6) is 1.94. The molecule has 0 spiro atoms. The number of nitrogens with one attached hydrogen (secondary N) is 1. The van der Waals surface area contributed by atoms with Crippen LogP contribution in [0.25, 0.3) is 0 Å². The van der Waals surface area contributed by atoms with Gasteiger partial charge in [-0.15, -0.1) is 0 Å². The Morgan fingerprint density at radius 2 is 2.00 bits per heavy atom. The summed E-state index contributed by atoms with van der Waals surface area (Å²) in [7, 11) is 1.85. The molecular formula is C21H28N4O. The van der Waals surface area contributed by atoms with Gasteiger partial charge in [-0.1, -0.05) is 18.2 Å². The molecule has 0 atom stereocenters. The van der Waals surface area contributed by atoms with Crippen molar-refractivity contribution < 1.29 is 4.74 Å². The summed E-state index contributed by atoms with van der Waals surface area (Å²) in [5.41, 5.74) is 2.57. The van der Waals surface area contributed by atoms with Crippen molar-refractivity contribution in [2.45, 2.75) is 32.3 Å². The van der Waals surface area contributed by atoms with Crippen LogP contribution >= 0.6 is 0 Å². The van der Waals surface area contributed by atoms with Gasteiger partial charge in [0.25, 0.3) is 0 Å². The average molecular weight is 352 g/mol. The van der Waals surface area contributed by atoms with Crippen molar-refractivity contribution in [3.63, 3.8) is 0 Å². The molecule has 1 aliphatic rings. The zero-order valence-electron chi connectivity index (χ0n) is 15.7. The highest BCUT2D eigenvalue weighted by atomic mass is 16.5. The third-order valence-electron chi connectivity index (χ3n) is 4.81. The fraction of sp³-hybridized carbons (Fsp3) is 0.429. The first kappa shape index (κ1) is 18.2. The van der Waals surface area contributed by atoms with Crippen molar-refractivity contribution in [3.05, 3.63) is 59.9 Å². The third kappa shape index (κ3) is 4.97. The second-order valence-corrected chi connectivity index (χ2v) is 6.64. The first-order chi connectivity index (χ1) is 12.8. The molecule has 26 heavy (non-hydrogen) atoms. The first-order valence-electron chi connectivity index (χ1n) is 9.33. The standard InChI is InChI=1S/C21H28N4O/c1-17-16-23-12-8-18(17)9-13-24-21(22-2)25-14-10-20(11-15-25)26-19-6-4-3-5-7-19/h3-8,12,16,20H,9-11,13-15H2,1-2H3,(H,22,24). The second-order valence-electron chi connectivity index (χ2n) is 6.64. The van der Waals surface area contributed by atoms with Crippen LogP contribution in [0, 0.1) is 6.92 Å². The molecule has 0 aliphatic carbocycles. The van der Waals surface area contributed by atoms with Gasteiger partial charge < -0.3 is 15.0 Å². The zero-order valence-corrected chi connectivity index (χ0v) is 15.7. The number of rotatable bonds is 5. The van der Waals surface area contributed by atoms with E-state index in [-0.39, 0.29) is 6.10 Å². The summed E-state index contributed by atoms with van der Waals surface area (Å²) in [6.45, 7) is 4.91. The normalized spacial score (nSPS) is 15.8. The van der Waals surface area contributed by atoms with Gasteiger partial charge in [-0.2, -0.15) is 0 Å². The van der Waals surface area contributed by atoms with E-state index in [4.69, 9.17) is 4.74 Å². The molecule has 2 heterocycles. The molecule has 0 saturated carbocycles. The molecule has 1 saturated heterocycles. The number of guanidine groups is 1. The SMILES string of the molecule is CN=C(NCCc1ccncc1C)N1CCC(Oc2ccccc2)CC1. The molecule has 138 valence electrons. The number of piperidine rings is 1. The fourth-order valence-corrected chi connectivity index (χ4v) is 3.30. The van der Waals surface area contributed by atoms with Gasteiger partial charge >= 0.3 is 0 Å². The van der Waals surface area contributed by atoms with Crippen LogP contribution in [0.4, 0.5) is 0 Å². The van der Waals surface area contributed by atoms with Crippen molar-refractivity contribution in [3.8, 4) is 5.75 Å². The summed E-state index contributed by atoms with van der Waals surface area (Å²) >= 11 is 0. The largest absolute Gasteiger partial charge is 0.490 e. The molecule has 5 heteroatoms. The van der Waals surface area contributed by atoms with Gasteiger partial charge in [0, 0.05) is 51.9 Å². The molecule has 1 N–H and O–H groups in total. The Morgan fingerprint density at radius 1 is 1.23 bits per heavy atom. The number of hydrogen-bond acceptors (Lipinski definition) is 3. The topological polar surface area (TPSA) is 49.8 Å². The predicted molar refractivity (Wildman–Crippen MR) is 106 cm³/mol. The second kappa shape index (κ2) is 9.22. The lowest BCUT2D eigenvalue weighted by Gasteiger charge is -2.34. The van der Waals surface area contributed by atoms with Gasteiger partial charge in [0.05, 0.1) is 0 Å². The van der Waals surface area contributed by atoms with Crippen LogP contribution in [0.2, 0.25) is 0 Å². The molecule has 1 aromatic heterocycles. The van der Waals surface area contributed by atoms with Crippen LogP contribution in [0.3, 0.4) is 0 Å². The van der Waals surface area contributed by atoms with Crippen LogP contribution in [0.5, 0.6) is 5.75 Å². The first-order valence-corrected chi connectivity index (χ1v) is 9.33. The van der Waals surface area contributed by atoms with E-state index in [2.05, 4.69) is 33.2 Å². The number of aryl methyl sites for hydroxylation is 1. The van der Waals surface area contributed by atoms with Crippen LogP contribution in [0.1, 0.15) is 24.0 Å². The Balaban J connectivity index is 1.44. The zero-order chi connectivity index (χ0) is 18.2. The van der Waals surface area contributed by atoms with Gasteiger partial charge in [-0.3, -0.25) is 9.98 Å². The average Bonchev–Trinajstić information content (AvgIpc) is 2.68. The maximum absolute atomic E-state index is 6.08. The van der Waals surface area contributed by atoms with Crippen molar-refractivity contribution in [2.75, 3.05) is 26.7 Å². The highest BCUT2D eigenvalue weighted by molar-refractivity contribution is 5.80. The number of aliphatic imine (C=N–C) groups is 1. The highest BCUT2D eigenvalue weighted by Crippen LogP contribution is 2.18. The molecule has 1 aliphatic heterocycles. The Bertz CT molecular complexity index is 709. The maximum atomic E-state index is 6.08. The Hall–Kier alpha value is -2.56. The summed E-state index contributed by atoms with van der Waals surface area (Å²) in [5, 5.41) is 3.49. The summed E-state index contributed by atoms with van der Waals surface area (Å²) in [6.07, 6.45) is 7.06. The molecule has 2 aromatic rings. The summed E-state index contributed by atoms with van der Waals surface area (Å²) in [6, 6.07) is 12.2. The monoisotopic (exact) mass is 352 g/mol. The van der Waals surface area contributed by atoms with Crippen molar-refractivity contribution in [2.24, 2.45) is 4.99 Å². The van der Waals surface area contributed by atoms with Crippen LogP contribution in [-0.4, -0.2) is 48.6 Å². The van der Waals surface area contributed by atoms with E-state index in [1.807, 2.05) is 49.8 Å².